The molecular formula is C15H21N5. The first-order valence-electron chi connectivity index (χ1n) is 7.33. The van der Waals surface area contributed by atoms with E-state index in [0.29, 0.717) is 12.1 Å². The van der Waals surface area contributed by atoms with Crippen molar-refractivity contribution in [1.29, 1.82) is 0 Å². The van der Waals surface area contributed by atoms with Gasteiger partial charge in [-0.05, 0) is 25.0 Å². The first-order valence-corrected chi connectivity index (χ1v) is 7.33. The van der Waals surface area contributed by atoms with E-state index < -0.39 is 0 Å². The minimum Gasteiger partial charge on any atom is -0.335 e. The van der Waals surface area contributed by atoms with Crippen molar-refractivity contribution in [2.45, 2.75) is 38.8 Å². The van der Waals surface area contributed by atoms with E-state index in [2.05, 4.69) is 39.2 Å². The summed E-state index contributed by atoms with van der Waals surface area (Å²) in [5.74, 6) is 0.761. The molecule has 2 aromatic rings. The summed E-state index contributed by atoms with van der Waals surface area (Å²) >= 11 is 0. The molecule has 0 spiro atoms. The van der Waals surface area contributed by atoms with Gasteiger partial charge in [0.05, 0.1) is 5.52 Å². The van der Waals surface area contributed by atoms with Crippen LogP contribution in [0.25, 0.3) is 11.0 Å². The minimum absolute atomic E-state index is 0.473. The molecular weight excluding hydrogens is 250 g/mol. The molecule has 5 heteroatoms. The molecule has 1 saturated heterocycles. The van der Waals surface area contributed by atoms with E-state index in [0.717, 1.165) is 30.1 Å². The fourth-order valence-corrected chi connectivity index (χ4v) is 2.68. The highest BCUT2D eigenvalue weighted by molar-refractivity contribution is 5.74. The van der Waals surface area contributed by atoms with Gasteiger partial charge in [0, 0.05) is 25.2 Å². The van der Waals surface area contributed by atoms with Crippen LogP contribution in [0.15, 0.2) is 24.3 Å². The molecule has 0 aliphatic carbocycles. The summed E-state index contributed by atoms with van der Waals surface area (Å²) in [5, 5.41) is 12.1. The highest BCUT2D eigenvalue weighted by Gasteiger charge is 2.26. The minimum atomic E-state index is 0.473. The summed E-state index contributed by atoms with van der Waals surface area (Å²) in [7, 11) is 0. The van der Waals surface area contributed by atoms with Crippen LogP contribution in [-0.2, 0) is 0 Å². The molecule has 1 unspecified atom stereocenters. The Kier molecular flexibility index (Phi) is 3.78. The zero-order valence-corrected chi connectivity index (χ0v) is 12.1. The molecule has 0 saturated carbocycles. The maximum Gasteiger partial charge on any atom is 0.246 e. The lowest BCUT2D eigenvalue weighted by atomic mass is 10.2. The number of aromatic nitrogens is 3. The number of hydrogen-bond donors (Lipinski definition) is 1. The van der Waals surface area contributed by atoms with Crippen LogP contribution in [0.4, 0.5) is 5.95 Å². The van der Waals surface area contributed by atoms with E-state index >= 15 is 0 Å². The summed E-state index contributed by atoms with van der Waals surface area (Å²) in [6, 6.07) is 8.87. The fraction of sp³-hybridized carbons (Fsp3) is 0.533. The molecule has 20 heavy (non-hydrogen) atoms. The van der Waals surface area contributed by atoms with E-state index in [1.807, 2.05) is 24.3 Å². The molecule has 0 bridgehead atoms. The van der Waals surface area contributed by atoms with E-state index in [9.17, 15) is 0 Å². The van der Waals surface area contributed by atoms with Crippen molar-refractivity contribution in [3.8, 4) is 0 Å². The van der Waals surface area contributed by atoms with Gasteiger partial charge in [-0.25, -0.2) is 4.98 Å². The van der Waals surface area contributed by atoms with Crippen molar-refractivity contribution >= 4 is 17.0 Å². The molecule has 1 atom stereocenters. The van der Waals surface area contributed by atoms with Crippen molar-refractivity contribution in [3.63, 3.8) is 0 Å². The maximum absolute atomic E-state index is 4.66. The molecule has 1 fully saturated rings. The topological polar surface area (TPSA) is 53.9 Å². The van der Waals surface area contributed by atoms with Crippen LogP contribution in [-0.4, -0.2) is 40.4 Å². The van der Waals surface area contributed by atoms with Crippen molar-refractivity contribution in [2.24, 2.45) is 0 Å². The van der Waals surface area contributed by atoms with Crippen molar-refractivity contribution in [1.82, 2.24) is 20.5 Å². The number of rotatable bonds is 4. The molecule has 2 heterocycles. The summed E-state index contributed by atoms with van der Waals surface area (Å²) in [5.41, 5.74) is 1.77. The first-order chi connectivity index (χ1) is 9.74. The van der Waals surface area contributed by atoms with Crippen molar-refractivity contribution < 1.29 is 0 Å². The summed E-state index contributed by atoms with van der Waals surface area (Å²) in [6.07, 6.45) is 2.39. The highest BCUT2D eigenvalue weighted by Crippen LogP contribution is 2.22. The van der Waals surface area contributed by atoms with Crippen LogP contribution in [0.2, 0.25) is 0 Å². The second kappa shape index (κ2) is 5.71. The molecule has 1 N–H and O–H groups in total. The SMILES string of the molecule is CC(C)NCC1CCCN1c1nnc2ccccc2n1. The zero-order valence-electron chi connectivity index (χ0n) is 12.1. The number of nitrogens with one attached hydrogen (secondary N) is 1. The van der Waals surface area contributed by atoms with E-state index in [1.165, 1.54) is 12.8 Å². The second-order valence-electron chi connectivity index (χ2n) is 5.65. The lowest BCUT2D eigenvalue weighted by Gasteiger charge is -2.25. The highest BCUT2D eigenvalue weighted by atomic mass is 15.3. The monoisotopic (exact) mass is 271 g/mol. The van der Waals surface area contributed by atoms with Gasteiger partial charge in [-0.1, -0.05) is 26.0 Å². The third kappa shape index (κ3) is 2.72. The number of para-hydroxylation sites is 1. The van der Waals surface area contributed by atoms with Crippen molar-refractivity contribution in [2.75, 3.05) is 18.0 Å². The quantitative estimate of drug-likeness (QED) is 0.921. The summed E-state index contributed by atoms with van der Waals surface area (Å²) in [4.78, 5) is 6.95. The third-order valence-corrected chi connectivity index (χ3v) is 3.75. The Balaban J connectivity index is 1.81. The molecule has 5 nitrogen and oxygen atoms in total. The summed E-state index contributed by atoms with van der Waals surface area (Å²) in [6.45, 7) is 6.35. The van der Waals surface area contributed by atoms with Gasteiger partial charge in [0.15, 0.2) is 0 Å². The van der Waals surface area contributed by atoms with E-state index in [4.69, 9.17) is 0 Å². The average molecular weight is 271 g/mol. The number of hydrogen-bond acceptors (Lipinski definition) is 5. The predicted octanol–water partition coefficient (Wildman–Crippen LogP) is 1.99. The van der Waals surface area contributed by atoms with Gasteiger partial charge in [-0.2, -0.15) is 0 Å². The zero-order chi connectivity index (χ0) is 13.9. The van der Waals surface area contributed by atoms with Gasteiger partial charge in [-0.15, -0.1) is 10.2 Å². The average Bonchev–Trinajstić information content (AvgIpc) is 2.93. The Bertz CT molecular complexity index is 583. The van der Waals surface area contributed by atoms with Gasteiger partial charge in [0.1, 0.15) is 5.52 Å². The lowest BCUT2D eigenvalue weighted by molar-refractivity contribution is 0.520. The second-order valence-corrected chi connectivity index (χ2v) is 5.65. The lowest BCUT2D eigenvalue weighted by Crippen LogP contribution is -2.41. The Morgan fingerprint density at radius 2 is 2.05 bits per heavy atom. The molecule has 0 radical (unpaired) electrons. The molecule has 1 aliphatic rings. The Labute approximate surface area is 119 Å². The Morgan fingerprint density at radius 1 is 1.25 bits per heavy atom. The maximum atomic E-state index is 4.66. The number of nitrogens with zero attached hydrogens (tertiary/aromatic N) is 4. The van der Waals surface area contributed by atoms with Crippen LogP contribution in [0.1, 0.15) is 26.7 Å². The molecule has 0 amide bonds. The normalized spacial score (nSPS) is 19.1. The smallest absolute Gasteiger partial charge is 0.246 e. The van der Waals surface area contributed by atoms with Gasteiger partial charge in [0.2, 0.25) is 5.95 Å². The first kappa shape index (κ1) is 13.2. The molecule has 1 aromatic heterocycles. The molecule has 106 valence electrons. The van der Waals surface area contributed by atoms with Crippen LogP contribution >= 0.6 is 0 Å². The number of benzene rings is 1. The van der Waals surface area contributed by atoms with Gasteiger partial charge >= 0.3 is 0 Å². The largest absolute Gasteiger partial charge is 0.335 e. The number of anilines is 1. The summed E-state index contributed by atoms with van der Waals surface area (Å²) < 4.78 is 0. The molecule has 1 aromatic carbocycles. The third-order valence-electron chi connectivity index (χ3n) is 3.75. The number of fused-ring (bicyclic) bond motifs is 1. The Morgan fingerprint density at radius 3 is 2.85 bits per heavy atom. The van der Waals surface area contributed by atoms with Gasteiger partial charge in [-0.3, -0.25) is 0 Å². The van der Waals surface area contributed by atoms with Crippen molar-refractivity contribution in [3.05, 3.63) is 24.3 Å². The standard InChI is InChI=1S/C15H21N5/c1-11(2)16-10-12-6-5-9-20(12)15-17-13-7-3-4-8-14(13)18-19-15/h3-4,7-8,11-12,16H,5-6,9-10H2,1-2H3. The molecule has 3 rings (SSSR count). The predicted molar refractivity (Wildman–Crippen MR) is 80.8 cm³/mol. The van der Waals surface area contributed by atoms with Gasteiger partial charge < -0.3 is 10.2 Å². The van der Waals surface area contributed by atoms with Crippen LogP contribution in [0.3, 0.4) is 0 Å². The van der Waals surface area contributed by atoms with Crippen LogP contribution < -0.4 is 10.2 Å². The fourth-order valence-electron chi connectivity index (χ4n) is 2.68. The van der Waals surface area contributed by atoms with Gasteiger partial charge in [0.25, 0.3) is 0 Å². The van der Waals surface area contributed by atoms with E-state index in [-0.39, 0.29) is 0 Å². The Hall–Kier alpha value is -1.75. The van der Waals surface area contributed by atoms with Crippen LogP contribution in [0.5, 0.6) is 0 Å². The van der Waals surface area contributed by atoms with Crippen LogP contribution in [0, 0.1) is 0 Å². The van der Waals surface area contributed by atoms with E-state index in [1.54, 1.807) is 0 Å². The molecule has 1 aliphatic heterocycles.